The van der Waals surface area contributed by atoms with Crippen LogP contribution in [-0.2, 0) is 6.54 Å². The predicted molar refractivity (Wildman–Crippen MR) is 87.4 cm³/mol. The van der Waals surface area contributed by atoms with Crippen molar-refractivity contribution in [1.82, 2.24) is 9.80 Å². The fourth-order valence-corrected chi connectivity index (χ4v) is 4.35. The number of hydrogen-bond donors (Lipinski definition) is 1. The van der Waals surface area contributed by atoms with E-state index in [2.05, 4.69) is 40.1 Å². The molecule has 1 N–H and O–H groups in total. The molecule has 114 valence electrons. The summed E-state index contributed by atoms with van der Waals surface area (Å²) in [6.45, 7) is 3.63. The molecule has 1 aromatic heterocycles. The second-order valence-electron chi connectivity index (χ2n) is 6.15. The largest absolute Gasteiger partial charge is 0.395 e. The lowest BCUT2D eigenvalue weighted by atomic mass is 10.1. The van der Waals surface area contributed by atoms with Crippen molar-refractivity contribution in [2.45, 2.75) is 44.3 Å². The standard InChI is InChI=1S/C17H24N2OS/c1-18-15-5-6-16(18)11-19(8-7-15)12-17-10-14(13-21-17)4-2-3-9-20/h10,13,15-16,20H,3,5-9,11-12H2,1H3. The van der Waals surface area contributed by atoms with E-state index in [1.165, 1.54) is 37.2 Å². The van der Waals surface area contributed by atoms with Crippen molar-refractivity contribution in [3.05, 3.63) is 21.9 Å². The minimum absolute atomic E-state index is 0.147. The summed E-state index contributed by atoms with van der Waals surface area (Å²) < 4.78 is 0. The summed E-state index contributed by atoms with van der Waals surface area (Å²) >= 11 is 1.81. The molecule has 0 saturated carbocycles. The molecule has 3 rings (SSSR count). The smallest absolute Gasteiger partial charge is 0.0540 e. The van der Waals surface area contributed by atoms with Gasteiger partial charge in [-0.3, -0.25) is 9.80 Å². The summed E-state index contributed by atoms with van der Waals surface area (Å²) in [5, 5.41) is 10.9. The SMILES string of the molecule is CN1C2CCC1CN(Cc1cc(C#CCCO)cs1)CC2. The van der Waals surface area contributed by atoms with Crippen LogP contribution in [0.1, 0.15) is 36.1 Å². The second-order valence-corrected chi connectivity index (χ2v) is 7.15. The van der Waals surface area contributed by atoms with Gasteiger partial charge in [-0.1, -0.05) is 11.8 Å². The van der Waals surface area contributed by atoms with Crippen molar-refractivity contribution >= 4 is 11.3 Å². The minimum Gasteiger partial charge on any atom is -0.395 e. The first-order chi connectivity index (χ1) is 10.3. The molecule has 2 unspecified atom stereocenters. The summed E-state index contributed by atoms with van der Waals surface area (Å²) in [5.41, 5.74) is 1.09. The monoisotopic (exact) mass is 304 g/mol. The molecule has 2 bridgehead atoms. The molecule has 2 aliphatic heterocycles. The predicted octanol–water partition coefficient (Wildman–Crippen LogP) is 2.15. The van der Waals surface area contributed by atoms with Crippen molar-refractivity contribution in [3.63, 3.8) is 0 Å². The Balaban J connectivity index is 1.58. The lowest BCUT2D eigenvalue weighted by Gasteiger charge is -2.25. The zero-order chi connectivity index (χ0) is 14.7. The lowest BCUT2D eigenvalue weighted by Crippen LogP contribution is -2.36. The van der Waals surface area contributed by atoms with Gasteiger partial charge in [0.2, 0.25) is 0 Å². The van der Waals surface area contributed by atoms with E-state index in [-0.39, 0.29) is 6.61 Å². The van der Waals surface area contributed by atoms with E-state index >= 15 is 0 Å². The number of likely N-dealkylation sites (tertiary alicyclic amines) is 1. The topological polar surface area (TPSA) is 26.7 Å². The van der Waals surface area contributed by atoms with E-state index < -0.39 is 0 Å². The Kier molecular flexibility index (Phi) is 4.97. The molecule has 2 atom stereocenters. The second kappa shape index (κ2) is 6.93. The normalized spacial score (nSPS) is 26.4. The molecule has 4 heteroatoms. The zero-order valence-electron chi connectivity index (χ0n) is 12.7. The van der Waals surface area contributed by atoms with Gasteiger partial charge in [-0.05, 0) is 32.4 Å². The Morgan fingerprint density at radius 3 is 3.05 bits per heavy atom. The Bertz CT molecular complexity index is 530. The van der Waals surface area contributed by atoms with E-state index in [1.54, 1.807) is 0 Å². The molecule has 21 heavy (non-hydrogen) atoms. The van der Waals surface area contributed by atoms with Gasteiger partial charge in [0.25, 0.3) is 0 Å². The van der Waals surface area contributed by atoms with Gasteiger partial charge in [0.05, 0.1) is 6.61 Å². The maximum atomic E-state index is 8.76. The van der Waals surface area contributed by atoms with Gasteiger partial charge in [0.1, 0.15) is 0 Å². The van der Waals surface area contributed by atoms with E-state index in [4.69, 9.17) is 5.11 Å². The molecule has 3 heterocycles. The van der Waals surface area contributed by atoms with Gasteiger partial charge in [0.15, 0.2) is 0 Å². The van der Waals surface area contributed by atoms with Crippen LogP contribution < -0.4 is 0 Å². The van der Waals surface area contributed by atoms with Crippen molar-refractivity contribution in [2.75, 3.05) is 26.7 Å². The van der Waals surface area contributed by atoms with Crippen LogP contribution in [0.25, 0.3) is 0 Å². The number of fused-ring (bicyclic) bond motifs is 2. The van der Waals surface area contributed by atoms with Crippen LogP contribution in [0.15, 0.2) is 11.4 Å². The first kappa shape index (κ1) is 15.1. The number of nitrogens with zero attached hydrogens (tertiary/aromatic N) is 2. The Hall–Kier alpha value is -0.860. The zero-order valence-corrected chi connectivity index (χ0v) is 13.5. The number of thiophene rings is 1. The van der Waals surface area contributed by atoms with Crippen LogP contribution in [0.3, 0.4) is 0 Å². The average Bonchev–Trinajstić information content (AvgIpc) is 2.99. The van der Waals surface area contributed by atoms with Gasteiger partial charge in [-0.15, -0.1) is 11.3 Å². The fraction of sp³-hybridized carbons (Fsp3) is 0.647. The van der Waals surface area contributed by atoms with Crippen LogP contribution >= 0.6 is 11.3 Å². The van der Waals surface area contributed by atoms with Crippen molar-refractivity contribution in [1.29, 1.82) is 0 Å². The summed E-state index contributed by atoms with van der Waals surface area (Å²) in [5.74, 6) is 6.12. The number of aliphatic hydroxyl groups excluding tert-OH is 1. The highest BCUT2D eigenvalue weighted by atomic mass is 32.1. The van der Waals surface area contributed by atoms with Gasteiger partial charge < -0.3 is 5.11 Å². The van der Waals surface area contributed by atoms with Crippen molar-refractivity contribution in [2.24, 2.45) is 0 Å². The first-order valence-corrected chi connectivity index (χ1v) is 8.75. The first-order valence-electron chi connectivity index (χ1n) is 7.87. The summed E-state index contributed by atoms with van der Waals surface area (Å²) in [6, 6.07) is 3.77. The molecular weight excluding hydrogens is 280 g/mol. The summed E-state index contributed by atoms with van der Waals surface area (Å²) in [4.78, 5) is 6.61. The fourth-order valence-electron chi connectivity index (χ4n) is 3.49. The van der Waals surface area contributed by atoms with Crippen LogP contribution in [0.2, 0.25) is 0 Å². The highest BCUT2D eigenvalue weighted by molar-refractivity contribution is 7.10. The maximum Gasteiger partial charge on any atom is 0.0540 e. The van der Waals surface area contributed by atoms with E-state index in [9.17, 15) is 0 Å². The van der Waals surface area contributed by atoms with Crippen LogP contribution in [0, 0.1) is 11.8 Å². The Labute approximate surface area is 131 Å². The molecule has 1 aromatic rings. The highest BCUT2D eigenvalue weighted by Crippen LogP contribution is 2.29. The molecule has 0 amide bonds. The summed E-state index contributed by atoms with van der Waals surface area (Å²) in [7, 11) is 2.30. The Morgan fingerprint density at radius 1 is 1.33 bits per heavy atom. The van der Waals surface area contributed by atoms with Crippen LogP contribution in [0.5, 0.6) is 0 Å². The number of aliphatic hydroxyl groups is 1. The van der Waals surface area contributed by atoms with E-state index in [1.807, 2.05) is 11.3 Å². The third-order valence-electron chi connectivity index (χ3n) is 4.74. The van der Waals surface area contributed by atoms with Gasteiger partial charge in [0, 0.05) is 54.0 Å². The number of likely N-dealkylation sites (N-methyl/N-ethyl adjacent to an activating group) is 1. The maximum absolute atomic E-state index is 8.76. The van der Waals surface area contributed by atoms with Crippen LogP contribution in [-0.4, -0.2) is 53.7 Å². The van der Waals surface area contributed by atoms with Crippen molar-refractivity contribution < 1.29 is 5.11 Å². The van der Waals surface area contributed by atoms with Crippen molar-refractivity contribution in [3.8, 4) is 11.8 Å². The minimum atomic E-state index is 0.147. The van der Waals surface area contributed by atoms with Gasteiger partial charge in [-0.25, -0.2) is 0 Å². The quantitative estimate of drug-likeness (QED) is 0.867. The molecule has 0 aliphatic carbocycles. The molecule has 2 fully saturated rings. The third-order valence-corrected chi connectivity index (χ3v) is 5.66. The molecule has 3 nitrogen and oxygen atoms in total. The molecule has 0 aromatic carbocycles. The molecule has 0 radical (unpaired) electrons. The highest BCUT2D eigenvalue weighted by Gasteiger charge is 2.34. The third kappa shape index (κ3) is 3.67. The van der Waals surface area contributed by atoms with Gasteiger partial charge >= 0.3 is 0 Å². The Morgan fingerprint density at radius 2 is 2.19 bits per heavy atom. The van der Waals surface area contributed by atoms with E-state index in [0.717, 1.165) is 24.2 Å². The molecule has 2 saturated heterocycles. The molecular formula is C17H24N2OS. The average molecular weight is 304 g/mol. The summed E-state index contributed by atoms with van der Waals surface area (Å²) in [6.07, 6.45) is 4.62. The van der Waals surface area contributed by atoms with E-state index in [0.29, 0.717) is 6.42 Å². The van der Waals surface area contributed by atoms with Gasteiger partial charge in [-0.2, -0.15) is 0 Å². The molecule has 2 aliphatic rings. The van der Waals surface area contributed by atoms with Crippen LogP contribution in [0.4, 0.5) is 0 Å². The number of hydrogen-bond acceptors (Lipinski definition) is 4. The number of rotatable bonds is 3. The molecule has 0 spiro atoms. The lowest BCUT2D eigenvalue weighted by molar-refractivity contribution is 0.215.